The topological polar surface area (TPSA) is 46.5 Å². The summed E-state index contributed by atoms with van der Waals surface area (Å²) in [7, 11) is 5.71. The van der Waals surface area contributed by atoms with Crippen LogP contribution < -0.4 is 10.1 Å². The fourth-order valence-corrected chi connectivity index (χ4v) is 3.68. The van der Waals surface area contributed by atoms with Crippen LogP contribution in [0, 0.1) is 13.8 Å². The molecule has 0 saturated heterocycles. The van der Waals surface area contributed by atoms with Crippen LogP contribution in [0.25, 0.3) is 5.69 Å². The van der Waals surface area contributed by atoms with Crippen LogP contribution in [0.15, 0.2) is 60.7 Å². The van der Waals surface area contributed by atoms with Gasteiger partial charge in [-0.1, -0.05) is 30.3 Å². The molecule has 0 spiro atoms. The summed E-state index contributed by atoms with van der Waals surface area (Å²) in [5.74, 6) is 0.755. The van der Waals surface area contributed by atoms with Crippen LogP contribution >= 0.6 is 0 Å². The number of hydrogen-bond acceptors (Lipinski definition) is 3. The number of methoxy groups -OCH3 is 1. The number of amides is 1. The number of carbonyl (C=O) groups is 1. The molecule has 152 valence electrons. The van der Waals surface area contributed by atoms with Gasteiger partial charge in [-0.2, -0.15) is 0 Å². The number of nitrogens with one attached hydrogen (secondary N) is 1. The van der Waals surface area contributed by atoms with Crippen LogP contribution in [-0.4, -0.2) is 43.1 Å². The Balaban J connectivity index is 1.79. The summed E-state index contributed by atoms with van der Waals surface area (Å²) in [5, 5.41) is 3.12. The molecule has 29 heavy (non-hydrogen) atoms. The van der Waals surface area contributed by atoms with Crippen molar-refractivity contribution in [2.75, 3.05) is 27.7 Å². The van der Waals surface area contributed by atoms with Crippen LogP contribution in [0.4, 0.5) is 0 Å². The minimum absolute atomic E-state index is 0.0550. The largest absolute Gasteiger partial charge is 0.497 e. The van der Waals surface area contributed by atoms with E-state index in [9.17, 15) is 4.79 Å². The van der Waals surface area contributed by atoms with E-state index >= 15 is 0 Å². The number of nitrogens with zero attached hydrogens (tertiary/aromatic N) is 2. The van der Waals surface area contributed by atoms with E-state index in [4.69, 9.17) is 4.74 Å². The van der Waals surface area contributed by atoms with Gasteiger partial charge in [0.05, 0.1) is 18.7 Å². The number of ether oxygens (including phenoxy) is 1. The zero-order chi connectivity index (χ0) is 21.0. The molecule has 3 aromatic rings. The Morgan fingerprint density at radius 1 is 1.07 bits per heavy atom. The highest BCUT2D eigenvalue weighted by molar-refractivity contribution is 5.96. The SMILES string of the molecule is COc1ccc(-n2c(C)cc(C(=O)NCC(c3ccccc3)N(C)C)c2C)cc1. The van der Waals surface area contributed by atoms with E-state index < -0.39 is 0 Å². The molecule has 1 aromatic heterocycles. The van der Waals surface area contributed by atoms with Gasteiger partial charge in [-0.3, -0.25) is 4.79 Å². The van der Waals surface area contributed by atoms with Gasteiger partial charge in [-0.15, -0.1) is 0 Å². The van der Waals surface area contributed by atoms with Crippen LogP contribution in [-0.2, 0) is 0 Å². The maximum Gasteiger partial charge on any atom is 0.253 e. The molecule has 0 fully saturated rings. The number of likely N-dealkylation sites (N-methyl/N-ethyl adjacent to an activating group) is 1. The third-order valence-corrected chi connectivity index (χ3v) is 5.27. The van der Waals surface area contributed by atoms with Crippen LogP contribution in [0.2, 0.25) is 0 Å². The number of benzene rings is 2. The fraction of sp³-hybridized carbons (Fsp3) is 0.292. The number of hydrogen-bond donors (Lipinski definition) is 1. The van der Waals surface area contributed by atoms with Crippen molar-refractivity contribution < 1.29 is 9.53 Å². The summed E-state index contributed by atoms with van der Waals surface area (Å²) >= 11 is 0. The van der Waals surface area contributed by atoms with Crippen molar-refractivity contribution in [1.82, 2.24) is 14.8 Å². The second-order valence-electron chi connectivity index (χ2n) is 7.42. The Kier molecular flexibility index (Phi) is 6.39. The third-order valence-electron chi connectivity index (χ3n) is 5.27. The number of carbonyl (C=O) groups excluding carboxylic acids is 1. The van der Waals surface area contributed by atoms with Crippen molar-refractivity contribution in [1.29, 1.82) is 0 Å². The Labute approximate surface area is 172 Å². The van der Waals surface area contributed by atoms with E-state index in [2.05, 4.69) is 26.9 Å². The molecule has 5 heteroatoms. The maximum atomic E-state index is 13.0. The summed E-state index contributed by atoms with van der Waals surface area (Å²) in [6.45, 7) is 4.54. The number of aromatic nitrogens is 1. The first-order chi connectivity index (χ1) is 13.9. The molecular formula is C24H29N3O2. The Bertz CT molecular complexity index is 960. The van der Waals surface area contributed by atoms with Crippen molar-refractivity contribution in [2.45, 2.75) is 19.9 Å². The predicted octanol–water partition coefficient (Wildman–Crippen LogP) is 4.14. The van der Waals surface area contributed by atoms with E-state index in [1.165, 1.54) is 5.56 Å². The number of rotatable bonds is 7. The lowest BCUT2D eigenvalue weighted by molar-refractivity contribution is 0.0941. The van der Waals surface area contributed by atoms with Gasteiger partial charge in [0.15, 0.2) is 0 Å². The minimum Gasteiger partial charge on any atom is -0.497 e. The Hall–Kier alpha value is -3.05. The van der Waals surface area contributed by atoms with Gasteiger partial charge < -0.3 is 19.5 Å². The van der Waals surface area contributed by atoms with Gasteiger partial charge in [-0.25, -0.2) is 0 Å². The molecule has 1 amide bonds. The van der Waals surface area contributed by atoms with Crippen molar-refractivity contribution in [2.24, 2.45) is 0 Å². The van der Waals surface area contributed by atoms with Crippen LogP contribution in [0.5, 0.6) is 5.75 Å². The van der Waals surface area contributed by atoms with Crippen molar-refractivity contribution in [3.63, 3.8) is 0 Å². The van der Waals surface area contributed by atoms with E-state index in [0.717, 1.165) is 22.8 Å². The van der Waals surface area contributed by atoms with Gasteiger partial charge in [0.2, 0.25) is 0 Å². The highest BCUT2D eigenvalue weighted by Gasteiger charge is 2.19. The summed E-state index contributed by atoms with van der Waals surface area (Å²) in [6, 6.07) is 20.1. The second-order valence-corrected chi connectivity index (χ2v) is 7.42. The number of aryl methyl sites for hydroxylation is 1. The Morgan fingerprint density at radius 2 is 1.72 bits per heavy atom. The van der Waals surface area contributed by atoms with Gasteiger partial charge >= 0.3 is 0 Å². The van der Waals surface area contributed by atoms with E-state index in [0.29, 0.717) is 12.1 Å². The van der Waals surface area contributed by atoms with Gasteiger partial charge in [0.1, 0.15) is 5.75 Å². The normalized spacial score (nSPS) is 12.1. The maximum absolute atomic E-state index is 13.0. The average Bonchev–Trinajstić information content (AvgIpc) is 3.03. The molecule has 1 unspecified atom stereocenters. The van der Waals surface area contributed by atoms with Gasteiger partial charge in [-0.05, 0) is 63.8 Å². The predicted molar refractivity (Wildman–Crippen MR) is 117 cm³/mol. The Morgan fingerprint density at radius 3 is 2.31 bits per heavy atom. The van der Waals surface area contributed by atoms with E-state index in [1.807, 2.05) is 76.5 Å². The first-order valence-corrected chi connectivity index (χ1v) is 9.75. The quantitative estimate of drug-likeness (QED) is 0.659. The average molecular weight is 392 g/mol. The van der Waals surface area contributed by atoms with Gasteiger partial charge in [0, 0.05) is 23.6 Å². The molecule has 0 aliphatic rings. The third kappa shape index (κ3) is 4.51. The van der Waals surface area contributed by atoms with Crippen molar-refractivity contribution in [3.8, 4) is 11.4 Å². The zero-order valence-electron chi connectivity index (χ0n) is 17.8. The van der Waals surface area contributed by atoms with Crippen molar-refractivity contribution >= 4 is 5.91 Å². The highest BCUT2D eigenvalue weighted by atomic mass is 16.5. The lowest BCUT2D eigenvalue weighted by atomic mass is 10.1. The molecule has 0 aliphatic heterocycles. The molecular weight excluding hydrogens is 362 g/mol. The summed E-state index contributed by atoms with van der Waals surface area (Å²) in [5.41, 5.74) is 4.83. The molecule has 1 N–H and O–H groups in total. The van der Waals surface area contributed by atoms with E-state index in [1.54, 1.807) is 7.11 Å². The highest BCUT2D eigenvalue weighted by Crippen LogP contribution is 2.23. The zero-order valence-corrected chi connectivity index (χ0v) is 17.8. The summed E-state index contributed by atoms with van der Waals surface area (Å²) in [4.78, 5) is 15.1. The molecule has 0 radical (unpaired) electrons. The molecule has 5 nitrogen and oxygen atoms in total. The molecule has 1 heterocycles. The van der Waals surface area contributed by atoms with Crippen LogP contribution in [0.3, 0.4) is 0 Å². The van der Waals surface area contributed by atoms with Gasteiger partial charge in [0.25, 0.3) is 5.91 Å². The fourth-order valence-electron chi connectivity index (χ4n) is 3.68. The molecule has 1 atom stereocenters. The summed E-state index contributed by atoms with van der Waals surface area (Å²) in [6.07, 6.45) is 0. The first kappa shape index (κ1) is 20.7. The molecule has 0 bridgehead atoms. The minimum atomic E-state index is -0.0550. The monoisotopic (exact) mass is 391 g/mol. The first-order valence-electron chi connectivity index (χ1n) is 9.75. The van der Waals surface area contributed by atoms with Crippen LogP contribution in [0.1, 0.15) is 33.4 Å². The molecule has 3 rings (SSSR count). The smallest absolute Gasteiger partial charge is 0.253 e. The van der Waals surface area contributed by atoms with Crippen molar-refractivity contribution in [3.05, 3.63) is 83.2 Å². The molecule has 2 aromatic carbocycles. The lowest BCUT2D eigenvalue weighted by Gasteiger charge is -2.25. The second kappa shape index (κ2) is 8.97. The van der Waals surface area contributed by atoms with E-state index in [-0.39, 0.29) is 11.9 Å². The standard InChI is InChI=1S/C24H29N3O2/c1-17-15-22(18(2)27(17)20-11-13-21(29-5)14-12-20)24(28)25-16-23(26(3)4)19-9-7-6-8-10-19/h6-15,23H,16H2,1-5H3,(H,25,28). The lowest BCUT2D eigenvalue weighted by Crippen LogP contribution is -2.34. The molecule has 0 saturated carbocycles. The molecule has 0 aliphatic carbocycles. The summed E-state index contributed by atoms with van der Waals surface area (Å²) < 4.78 is 7.33.